The number of nitrogens with zero attached hydrogens (tertiary/aromatic N) is 2. The van der Waals surface area contributed by atoms with Crippen molar-refractivity contribution in [1.29, 1.82) is 0 Å². The van der Waals surface area contributed by atoms with Gasteiger partial charge < -0.3 is 9.05 Å². The fourth-order valence-electron chi connectivity index (χ4n) is 1.60. The van der Waals surface area contributed by atoms with Crippen LogP contribution in [0.4, 0.5) is 0 Å². The van der Waals surface area contributed by atoms with Crippen molar-refractivity contribution in [2.24, 2.45) is 0 Å². The van der Waals surface area contributed by atoms with Crippen LogP contribution in [-0.2, 0) is 16.6 Å². The summed E-state index contributed by atoms with van der Waals surface area (Å²) in [7, 11) is -3.66. The Morgan fingerprint density at radius 3 is 2.44 bits per heavy atom. The number of aromatic nitrogens is 2. The molecule has 0 amide bonds. The quantitative estimate of drug-likeness (QED) is 0.893. The number of nitrogens with one attached hydrogen (secondary N) is 1. The highest BCUT2D eigenvalue weighted by Gasteiger charge is 2.24. The maximum absolute atomic E-state index is 12.0. The fraction of sp³-hybridized carbons (Fsp3) is 0.400. The second-order valence-corrected chi connectivity index (χ2v) is 5.61. The topological polar surface area (TPSA) is 98.2 Å². The zero-order valence-corrected chi connectivity index (χ0v) is 11.0. The van der Waals surface area contributed by atoms with Gasteiger partial charge in [0, 0.05) is 6.07 Å². The van der Waals surface area contributed by atoms with Gasteiger partial charge in [0.05, 0.1) is 12.2 Å². The molecule has 2 aromatic heterocycles. The van der Waals surface area contributed by atoms with E-state index >= 15 is 0 Å². The third-order valence-corrected chi connectivity index (χ3v) is 4.00. The van der Waals surface area contributed by atoms with Gasteiger partial charge in [0.1, 0.15) is 16.3 Å². The van der Waals surface area contributed by atoms with Crippen LogP contribution in [0.5, 0.6) is 0 Å². The van der Waals surface area contributed by atoms with E-state index in [0.717, 1.165) is 0 Å². The van der Waals surface area contributed by atoms with E-state index in [1.165, 1.54) is 0 Å². The molecule has 2 rings (SSSR count). The molecule has 0 radical (unpaired) electrons. The number of aryl methyl sites for hydroxylation is 3. The van der Waals surface area contributed by atoms with Gasteiger partial charge in [-0.25, -0.2) is 13.1 Å². The summed E-state index contributed by atoms with van der Waals surface area (Å²) in [5, 5.41) is 7.32. The molecule has 18 heavy (non-hydrogen) atoms. The minimum atomic E-state index is -3.66. The van der Waals surface area contributed by atoms with Gasteiger partial charge in [-0.1, -0.05) is 10.3 Å². The van der Waals surface area contributed by atoms with Crippen LogP contribution in [0.3, 0.4) is 0 Å². The SMILES string of the molecule is Cc1cc(CNS(=O)(=O)c2c(C)noc2C)no1. The standard InChI is InChI=1S/C10H13N3O4S/c1-6-4-9(13-16-6)5-11-18(14,15)10-7(2)12-17-8(10)3/h4,11H,5H2,1-3H3. The zero-order valence-electron chi connectivity index (χ0n) is 10.2. The lowest BCUT2D eigenvalue weighted by Crippen LogP contribution is -2.24. The van der Waals surface area contributed by atoms with Gasteiger partial charge in [-0.3, -0.25) is 0 Å². The maximum Gasteiger partial charge on any atom is 0.246 e. The van der Waals surface area contributed by atoms with E-state index in [9.17, 15) is 8.42 Å². The molecule has 1 N–H and O–H groups in total. The molecule has 0 aliphatic carbocycles. The predicted molar refractivity (Wildman–Crippen MR) is 61.2 cm³/mol. The van der Waals surface area contributed by atoms with Crippen molar-refractivity contribution < 1.29 is 17.5 Å². The molecule has 7 nitrogen and oxygen atoms in total. The van der Waals surface area contributed by atoms with Crippen LogP contribution >= 0.6 is 0 Å². The third kappa shape index (κ3) is 2.44. The summed E-state index contributed by atoms with van der Waals surface area (Å²) >= 11 is 0. The van der Waals surface area contributed by atoms with Gasteiger partial charge in [0.15, 0.2) is 5.76 Å². The van der Waals surface area contributed by atoms with Crippen LogP contribution < -0.4 is 4.72 Å². The summed E-state index contributed by atoms with van der Waals surface area (Å²) in [5.41, 5.74) is 0.846. The van der Waals surface area contributed by atoms with Crippen LogP contribution in [0.2, 0.25) is 0 Å². The lowest BCUT2D eigenvalue weighted by Gasteiger charge is -2.03. The average Bonchev–Trinajstić information content (AvgIpc) is 2.83. The summed E-state index contributed by atoms with van der Waals surface area (Å²) in [6.45, 7) is 4.92. The van der Waals surface area contributed by atoms with Crippen molar-refractivity contribution >= 4 is 10.0 Å². The highest BCUT2D eigenvalue weighted by Crippen LogP contribution is 2.18. The predicted octanol–water partition coefficient (Wildman–Crippen LogP) is 1.07. The lowest BCUT2D eigenvalue weighted by molar-refractivity contribution is 0.389. The highest BCUT2D eigenvalue weighted by molar-refractivity contribution is 7.89. The summed E-state index contributed by atoms with van der Waals surface area (Å²) in [6, 6.07) is 1.66. The van der Waals surface area contributed by atoms with E-state index < -0.39 is 10.0 Å². The largest absolute Gasteiger partial charge is 0.361 e. The normalized spacial score (nSPS) is 11.9. The Labute approximate surface area is 104 Å². The van der Waals surface area contributed by atoms with Crippen LogP contribution in [0.1, 0.15) is 22.9 Å². The summed E-state index contributed by atoms with van der Waals surface area (Å²) in [4.78, 5) is 0.0720. The van der Waals surface area contributed by atoms with Crippen molar-refractivity contribution in [3.63, 3.8) is 0 Å². The molecule has 0 bridgehead atoms. The van der Waals surface area contributed by atoms with Crippen LogP contribution in [-0.4, -0.2) is 18.7 Å². The minimum Gasteiger partial charge on any atom is -0.361 e. The van der Waals surface area contributed by atoms with Gasteiger partial charge in [0.25, 0.3) is 0 Å². The second kappa shape index (κ2) is 4.54. The van der Waals surface area contributed by atoms with Gasteiger partial charge in [0.2, 0.25) is 10.0 Å². The monoisotopic (exact) mass is 271 g/mol. The average molecular weight is 271 g/mol. The molecule has 0 saturated carbocycles. The molecule has 0 fully saturated rings. The first-order valence-corrected chi connectivity index (χ1v) is 6.73. The van der Waals surface area contributed by atoms with Crippen molar-refractivity contribution in [3.8, 4) is 0 Å². The molecule has 0 aliphatic heterocycles. The van der Waals surface area contributed by atoms with E-state index in [1.807, 2.05) is 0 Å². The number of hydrogen-bond donors (Lipinski definition) is 1. The van der Waals surface area contributed by atoms with Crippen molar-refractivity contribution in [2.75, 3.05) is 0 Å². The fourth-order valence-corrected chi connectivity index (χ4v) is 2.92. The first kappa shape index (κ1) is 12.8. The molecule has 0 spiro atoms. The molecular weight excluding hydrogens is 258 g/mol. The molecule has 0 aliphatic rings. The second-order valence-electron chi connectivity index (χ2n) is 3.91. The Morgan fingerprint density at radius 1 is 1.22 bits per heavy atom. The lowest BCUT2D eigenvalue weighted by atomic mass is 10.4. The van der Waals surface area contributed by atoms with Gasteiger partial charge in [-0.15, -0.1) is 0 Å². The Hall–Kier alpha value is -1.67. The molecule has 0 unspecified atom stereocenters. The van der Waals surface area contributed by atoms with Crippen LogP contribution in [0, 0.1) is 20.8 Å². The van der Waals surface area contributed by atoms with E-state index in [0.29, 0.717) is 17.1 Å². The zero-order chi connectivity index (χ0) is 13.3. The van der Waals surface area contributed by atoms with Crippen molar-refractivity contribution in [1.82, 2.24) is 15.0 Å². The first-order valence-electron chi connectivity index (χ1n) is 5.25. The Bertz CT molecular complexity index is 637. The van der Waals surface area contributed by atoms with Gasteiger partial charge in [-0.2, -0.15) is 0 Å². The molecule has 2 aromatic rings. The van der Waals surface area contributed by atoms with Gasteiger partial charge in [-0.05, 0) is 20.8 Å². The summed E-state index contributed by atoms with van der Waals surface area (Å²) < 4.78 is 36.2. The Balaban J connectivity index is 2.18. The molecule has 2 heterocycles. The summed E-state index contributed by atoms with van der Waals surface area (Å²) in [5.74, 6) is 0.887. The Kier molecular flexibility index (Phi) is 3.22. The number of rotatable bonds is 4. The van der Waals surface area contributed by atoms with E-state index in [1.54, 1.807) is 26.8 Å². The minimum absolute atomic E-state index is 0.0593. The number of sulfonamides is 1. The van der Waals surface area contributed by atoms with Gasteiger partial charge >= 0.3 is 0 Å². The smallest absolute Gasteiger partial charge is 0.246 e. The highest BCUT2D eigenvalue weighted by atomic mass is 32.2. The molecule has 0 aromatic carbocycles. The molecular formula is C10H13N3O4S. The van der Waals surface area contributed by atoms with Crippen LogP contribution in [0.25, 0.3) is 0 Å². The van der Waals surface area contributed by atoms with E-state index in [2.05, 4.69) is 15.0 Å². The van der Waals surface area contributed by atoms with E-state index in [-0.39, 0.29) is 17.2 Å². The van der Waals surface area contributed by atoms with E-state index in [4.69, 9.17) is 9.05 Å². The molecule has 0 saturated heterocycles. The van der Waals surface area contributed by atoms with Crippen LogP contribution in [0.15, 0.2) is 20.0 Å². The van der Waals surface area contributed by atoms with Crippen molar-refractivity contribution in [3.05, 3.63) is 29.0 Å². The van der Waals surface area contributed by atoms with Crippen molar-refractivity contribution in [2.45, 2.75) is 32.2 Å². The number of hydrogen-bond acceptors (Lipinski definition) is 6. The Morgan fingerprint density at radius 2 is 1.94 bits per heavy atom. The third-order valence-electron chi connectivity index (χ3n) is 2.36. The first-order chi connectivity index (χ1) is 8.40. The maximum atomic E-state index is 12.0. The molecule has 0 atom stereocenters. The molecule has 98 valence electrons. The molecule has 8 heteroatoms. The summed E-state index contributed by atoms with van der Waals surface area (Å²) in [6.07, 6.45) is 0.